The number of carbonyl (C=O) groups excluding carboxylic acids is 2. The van der Waals surface area contributed by atoms with E-state index in [9.17, 15) is 19.0 Å². The topological polar surface area (TPSA) is 134 Å². The highest BCUT2D eigenvalue weighted by molar-refractivity contribution is 7.47. The van der Waals surface area contributed by atoms with Crippen LogP contribution >= 0.6 is 7.82 Å². The van der Waals surface area contributed by atoms with Gasteiger partial charge in [-0.3, -0.25) is 18.6 Å². The highest BCUT2D eigenvalue weighted by Gasteiger charge is 2.26. The Morgan fingerprint density at radius 2 is 0.902 bits per heavy atom. The predicted molar refractivity (Wildman–Crippen MR) is 257 cm³/mol. The fourth-order valence-electron chi connectivity index (χ4n) is 7.00. The Labute approximate surface area is 375 Å². The zero-order valence-electron chi connectivity index (χ0n) is 39.4. The summed E-state index contributed by atoms with van der Waals surface area (Å²) in [5.41, 5.74) is 5.36. The van der Waals surface area contributed by atoms with Crippen molar-refractivity contribution in [1.82, 2.24) is 0 Å². The average Bonchev–Trinajstić information content (AvgIpc) is 3.25. The number of esters is 2. The van der Waals surface area contributed by atoms with E-state index in [1.807, 2.05) is 0 Å². The first-order valence-electron chi connectivity index (χ1n) is 25.1. The van der Waals surface area contributed by atoms with Gasteiger partial charge < -0.3 is 20.1 Å². The van der Waals surface area contributed by atoms with Crippen LogP contribution in [0, 0.1) is 0 Å². The van der Waals surface area contributed by atoms with E-state index in [2.05, 4.69) is 62.5 Å². The van der Waals surface area contributed by atoms with Crippen molar-refractivity contribution < 1.29 is 37.6 Å². The molecule has 0 aromatic rings. The van der Waals surface area contributed by atoms with Gasteiger partial charge in [-0.15, -0.1) is 0 Å². The number of nitrogens with two attached hydrogens (primary N) is 1. The van der Waals surface area contributed by atoms with Crippen molar-refractivity contribution >= 4 is 19.8 Å². The summed E-state index contributed by atoms with van der Waals surface area (Å²) >= 11 is 0. The summed E-state index contributed by atoms with van der Waals surface area (Å²) in [5.74, 6) is -0.844. The molecule has 0 aromatic heterocycles. The Morgan fingerprint density at radius 3 is 1.36 bits per heavy atom. The molecule has 0 saturated heterocycles. The minimum Gasteiger partial charge on any atom is -0.462 e. The number of ether oxygens (including phenoxy) is 2. The molecule has 2 atom stereocenters. The van der Waals surface area contributed by atoms with E-state index in [-0.39, 0.29) is 38.6 Å². The number of hydrogen-bond acceptors (Lipinski definition) is 8. The van der Waals surface area contributed by atoms with Crippen LogP contribution in [0.2, 0.25) is 0 Å². The summed E-state index contributed by atoms with van der Waals surface area (Å²) in [6.45, 7) is 3.62. The van der Waals surface area contributed by atoms with Crippen molar-refractivity contribution in [3.8, 4) is 0 Å². The molecule has 0 amide bonds. The maximum atomic E-state index is 12.6. The lowest BCUT2D eigenvalue weighted by Crippen LogP contribution is -2.29. The Bertz CT molecular complexity index is 1140. The second-order valence-corrected chi connectivity index (χ2v) is 18.1. The lowest BCUT2D eigenvalue weighted by atomic mass is 10.0. The van der Waals surface area contributed by atoms with Gasteiger partial charge >= 0.3 is 19.8 Å². The van der Waals surface area contributed by atoms with E-state index in [1.165, 1.54) is 128 Å². The van der Waals surface area contributed by atoms with Crippen LogP contribution in [0.1, 0.15) is 232 Å². The maximum Gasteiger partial charge on any atom is 0.472 e. The van der Waals surface area contributed by atoms with Gasteiger partial charge in [0.05, 0.1) is 13.2 Å². The molecule has 0 aliphatic rings. The van der Waals surface area contributed by atoms with Gasteiger partial charge in [-0.25, -0.2) is 4.57 Å². The van der Waals surface area contributed by atoms with Crippen LogP contribution in [-0.2, 0) is 32.7 Å². The fourth-order valence-corrected chi connectivity index (χ4v) is 7.76. The molecule has 0 aliphatic heterocycles. The highest BCUT2D eigenvalue weighted by atomic mass is 31.2. The minimum atomic E-state index is -4.39. The predicted octanol–water partition coefficient (Wildman–Crippen LogP) is 15.1. The van der Waals surface area contributed by atoms with Crippen molar-refractivity contribution in [3.63, 3.8) is 0 Å². The van der Waals surface area contributed by atoms with Crippen molar-refractivity contribution in [1.29, 1.82) is 0 Å². The molecule has 0 aliphatic carbocycles. The second kappa shape index (κ2) is 47.4. The smallest absolute Gasteiger partial charge is 0.462 e. The first-order valence-corrected chi connectivity index (χ1v) is 26.6. The lowest BCUT2D eigenvalue weighted by molar-refractivity contribution is -0.161. The number of unbranched alkanes of at least 4 members (excludes halogenated alkanes) is 26. The van der Waals surface area contributed by atoms with Crippen LogP contribution in [0.5, 0.6) is 0 Å². The average molecular weight is 880 g/mol. The van der Waals surface area contributed by atoms with E-state index in [0.717, 1.165) is 70.6 Å². The second-order valence-electron chi connectivity index (χ2n) is 16.7. The van der Waals surface area contributed by atoms with Crippen LogP contribution in [0.25, 0.3) is 0 Å². The van der Waals surface area contributed by atoms with E-state index in [4.69, 9.17) is 24.3 Å². The molecule has 0 fully saturated rings. The fraction of sp³-hybridized carbons (Fsp3) is 0.804. The Hall–Kier alpha value is -2.03. The van der Waals surface area contributed by atoms with E-state index in [1.54, 1.807) is 0 Å². The molecule has 356 valence electrons. The number of hydrogen-bond donors (Lipinski definition) is 2. The maximum absolute atomic E-state index is 12.6. The summed E-state index contributed by atoms with van der Waals surface area (Å²) in [6, 6.07) is 0. The highest BCUT2D eigenvalue weighted by Crippen LogP contribution is 2.43. The third-order valence-corrected chi connectivity index (χ3v) is 11.7. The van der Waals surface area contributed by atoms with Gasteiger partial charge in [0, 0.05) is 19.4 Å². The molecule has 61 heavy (non-hydrogen) atoms. The van der Waals surface area contributed by atoms with Gasteiger partial charge in [0.25, 0.3) is 0 Å². The van der Waals surface area contributed by atoms with Crippen molar-refractivity contribution in [2.45, 2.75) is 238 Å². The molecule has 0 spiro atoms. The summed E-state index contributed by atoms with van der Waals surface area (Å²) in [5, 5.41) is 0. The van der Waals surface area contributed by atoms with Crippen molar-refractivity contribution in [3.05, 3.63) is 48.6 Å². The molecule has 0 aromatic carbocycles. The molecule has 0 heterocycles. The van der Waals surface area contributed by atoms with Crippen LogP contribution in [0.4, 0.5) is 0 Å². The molecule has 0 saturated carbocycles. The Morgan fingerprint density at radius 1 is 0.508 bits per heavy atom. The molecular weight excluding hydrogens is 786 g/mol. The van der Waals surface area contributed by atoms with E-state index < -0.39 is 26.5 Å². The lowest BCUT2D eigenvalue weighted by Gasteiger charge is -2.19. The van der Waals surface area contributed by atoms with Crippen molar-refractivity contribution in [2.75, 3.05) is 26.4 Å². The summed E-state index contributed by atoms with van der Waals surface area (Å²) < 4.78 is 32.9. The quantitative estimate of drug-likeness (QED) is 0.0265. The Kier molecular flexibility index (Phi) is 45.9. The van der Waals surface area contributed by atoms with E-state index >= 15 is 0 Å². The first kappa shape index (κ1) is 59.0. The molecule has 2 unspecified atom stereocenters. The third kappa shape index (κ3) is 47.3. The largest absolute Gasteiger partial charge is 0.472 e. The number of rotatable bonds is 47. The first-order chi connectivity index (χ1) is 29.8. The Balaban J connectivity index is 4.00. The number of phosphoric ester groups is 1. The van der Waals surface area contributed by atoms with Crippen LogP contribution in [0.15, 0.2) is 48.6 Å². The standard InChI is InChI=1S/C51H94NO8P/c1-3-5-7-9-11-13-15-17-19-20-21-22-23-24-25-26-27-28-30-31-33-35-37-39-41-43-50(53)57-47-49(48-59-61(55,56)58-46-45-52)60-51(54)44-42-40-38-36-34-32-29-18-16-14-12-10-8-6-4-2/h6,8,12,14,18,20-21,29,49H,3-5,7,9-11,13,15-17,19,22-28,30-48,52H2,1-2H3,(H,55,56)/b8-6-,14-12-,21-20-,29-18-. The monoisotopic (exact) mass is 880 g/mol. The van der Waals surface area contributed by atoms with Gasteiger partial charge in [0.2, 0.25) is 0 Å². The number of carbonyl (C=O) groups is 2. The minimum absolute atomic E-state index is 0.0495. The number of allylic oxidation sites excluding steroid dienone is 8. The third-order valence-electron chi connectivity index (χ3n) is 10.7. The van der Waals surface area contributed by atoms with Gasteiger partial charge in [-0.05, 0) is 70.6 Å². The zero-order valence-corrected chi connectivity index (χ0v) is 40.3. The van der Waals surface area contributed by atoms with Crippen molar-refractivity contribution in [2.24, 2.45) is 5.73 Å². The summed E-state index contributed by atoms with van der Waals surface area (Å²) in [4.78, 5) is 35.0. The zero-order chi connectivity index (χ0) is 44.6. The molecule has 9 nitrogen and oxygen atoms in total. The SMILES string of the molecule is CC/C=C\C/C=C\C/C=C\CCCCCCCC(=O)OC(COC(=O)CCCCCCCCCCCCCCC/C=C\CCCCCCCCCC)COP(=O)(O)OCCN. The van der Waals surface area contributed by atoms with E-state index in [0.29, 0.717) is 6.42 Å². The molecule has 3 N–H and O–H groups in total. The molecule has 0 bridgehead atoms. The molecule has 0 rings (SSSR count). The number of phosphoric acid groups is 1. The van der Waals surface area contributed by atoms with Crippen LogP contribution in [-0.4, -0.2) is 49.3 Å². The van der Waals surface area contributed by atoms with Gasteiger partial charge in [-0.2, -0.15) is 0 Å². The van der Waals surface area contributed by atoms with Crippen LogP contribution < -0.4 is 5.73 Å². The van der Waals surface area contributed by atoms with Gasteiger partial charge in [0.15, 0.2) is 6.10 Å². The summed E-state index contributed by atoms with van der Waals surface area (Å²) in [6.07, 6.45) is 55.9. The molecule has 0 radical (unpaired) electrons. The summed E-state index contributed by atoms with van der Waals surface area (Å²) in [7, 11) is -4.39. The van der Waals surface area contributed by atoms with Gasteiger partial charge in [0.1, 0.15) is 6.61 Å². The van der Waals surface area contributed by atoms with Gasteiger partial charge in [-0.1, -0.05) is 197 Å². The molecule has 10 heteroatoms. The van der Waals surface area contributed by atoms with Crippen LogP contribution in [0.3, 0.4) is 0 Å². The molecular formula is C51H94NO8P. The normalized spacial score (nSPS) is 13.6.